The van der Waals surface area contributed by atoms with E-state index in [0.717, 1.165) is 12.8 Å². The summed E-state index contributed by atoms with van der Waals surface area (Å²) in [5.41, 5.74) is 1.55. The maximum absolute atomic E-state index is 10.3. The van der Waals surface area contributed by atoms with E-state index in [2.05, 4.69) is 19.9 Å². The number of unbranched alkanes of at least 4 members (excludes halogenated alkanes) is 9. The number of hydrogen-bond donors (Lipinski definition) is 1. The molecule has 0 saturated heterocycles. The van der Waals surface area contributed by atoms with Crippen molar-refractivity contribution in [3.05, 3.63) is 11.6 Å². The summed E-state index contributed by atoms with van der Waals surface area (Å²) in [6, 6.07) is 0. The fourth-order valence-electron chi connectivity index (χ4n) is 2.41. The second-order valence-electron chi connectivity index (χ2n) is 5.91. The molecule has 0 rings (SSSR count). The monoisotopic (exact) mass is 282 g/mol. The summed E-state index contributed by atoms with van der Waals surface area (Å²) in [6.07, 6.45) is 17.6. The molecule has 0 amide bonds. The molecular formula is C18H34O2. The molecule has 0 fully saturated rings. The Morgan fingerprint density at radius 2 is 1.40 bits per heavy atom. The van der Waals surface area contributed by atoms with Crippen molar-refractivity contribution in [1.29, 1.82) is 0 Å². The lowest BCUT2D eigenvalue weighted by Crippen LogP contribution is -1.93. The Morgan fingerprint density at radius 1 is 0.850 bits per heavy atom. The summed E-state index contributed by atoms with van der Waals surface area (Å²) in [4.78, 5) is 10.3. The molecule has 0 saturated carbocycles. The van der Waals surface area contributed by atoms with Gasteiger partial charge in [0.15, 0.2) is 0 Å². The normalized spacial score (nSPS) is 11.8. The van der Waals surface area contributed by atoms with Gasteiger partial charge in [-0.05, 0) is 39.0 Å². The minimum atomic E-state index is -0.664. The largest absolute Gasteiger partial charge is 0.481 e. The van der Waals surface area contributed by atoms with Gasteiger partial charge in [0, 0.05) is 6.42 Å². The van der Waals surface area contributed by atoms with Gasteiger partial charge in [0.1, 0.15) is 0 Å². The van der Waals surface area contributed by atoms with Crippen LogP contribution in [-0.2, 0) is 4.79 Å². The topological polar surface area (TPSA) is 37.3 Å². The highest BCUT2D eigenvalue weighted by Crippen LogP contribution is 2.13. The van der Waals surface area contributed by atoms with Crippen molar-refractivity contribution < 1.29 is 9.90 Å². The Hall–Kier alpha value is -0.790. The first-order valence-electron chi connectivity index (χ1n) is 8.54. The predicted molar refractivity (Wildman–Crippen MR) is 87.1 cm³/mol. The van der Waals surface area contributed by atoms with E-state index in [-0.39, 0.29) is 0 Å². The van der Waals surface area contributed by atoms with E-state index in [9.17, 15) is 4.79 Å². The van der Waals surface area contributed by atoms with Crippen LogP contribution in [0.5, 0.6) is 0 Å². The number of carboxylic acids is 1. The van der Waals surface area contributed by atoms with Gasteiger partial charge >= 0.3 is 5.97 Å². The van der Waals surface area contributed by atoms with Gasteiger partial charge in [-0.25, -0.2) is 0 Å². The molecule has 0 heterocycles. The summed E-state index contributed by atoms with van der Waals surface area (Å²) in [5, 5.41) is 8.53. The zero-order chi connectivity index (χ0) is 15.1. The van der Waals surface area contributed by atoms with Gasteiger partial charge in [-0.2, -0.15) is 0 Å². The Labute approximate surface area is 125 Å². The van der Waals surface area contributed by atoms with Crippen molar-refractivity contribution in [2.24, 2.45) is 0 Å². The molecular weight excluding hydrogens is 248 g/mol. The summed E-state index contributed by atoms with van der Waals surface area (Å²) in [7, 11) is 0. The summed E-state index contributed by atoms with van der Waals surface area (Å²) >= 11 is 0. The quantitative estimate of drug-likeness (QED) is 0.308. The fourth-order valence-corrected chi connectivity index (χ4v) is 2.41. The molecule has 0 aliphatic rings. The van der Waals surface area contributed by atoms with E-state index < -0.39 is 5.97 Å². The van der Waals surface area contributed by atoms with Gasteiger partial charge in [-0.1, -0.05) is 63.5 Å². The van der Waals surface area contributed by atoms with Crippen LogP contribution < -0.4 is 0 Å². The van der Waals surface area contributed by atoms with Crippen LogP contribution in [0.25, 0.3) is 0 Å². The predicted octanol–water partition coefficient (Wildman–Crippen LogP) is 6.11. The van der Waals surface area contributed by atoms with E-state index in [1.807, 2.05) is 0 Å². The van der Waals surface area contributed by atoms with E-state index >= 15 is 0 Å². The molecule has 1 N–H and O–H groups in total. The van der Waals surface area contributed by atoms with Gasteiger partial charge in [0.25, 0.3) is 0 Å². The van der Waals surface area contributed by atoms with Crippen LogP contribution >= 0.6 is 0 Å². The second kappa shape index (κ2) is 14.6. The molecule has 0 atom stereocenters. The summed E-state index contributed by atoms with van der Waals surface area (Å²) in [5.74, 6) is -0.664. The molecule has 0 aromatic rings. The van der Waals surface area contributed by atoms with E-state index in [1.165, 1.54) is 64.2 Å². The Kier molecular flexibility index (Phi) is 14.0. The van der Waals surface area contributed by atoms with Crippen LogP contribution in [0.1, 0.15) is 97.3 Å². The zero-order valence-electron chi connectivity index (χ0n) is 13.6. The van der Waals surface area contributed by atoms with Gasteiger partial charge < -0.3 is 5.11 Å². The van der Waals surface area contributed by atoms with Crippen molar-refractivity contribution in [3.63, 3.8) is 0 Å². The molecule has 2 nitrogen and oxygen atoms in total. The molecule has 0 bridgehead atoms. The maximum Gasteiger partial charge on any atom is 0.303 e. The van der Waals surface area contributed by atoms with E-state index in [0.29, 0.717) is 6.42 Å². The number of allylic oxidation sites excluding steroid dienone is 2. The van der Waals surface area contributed by atoms with Crippen LogP contribution in [-0.4, -0.2) is 11.1 Å². The molecule has 0 aliphatic carbocycles. The third-order valence-electron chi connectivity index (χ3n) is 3.76. The summed E-state index contributed by atoms with van der Waals surface area (Å²) < 4.78 is 0. The average molecular weight is 282 g/mol. The number of carboxylic acid groups (broad SMARTS) is 1. The van der Waals surface area contributed by atoms with Crippen LogP contribution in [0, 0.1) is 0 Å². The molecule has 0 aliphatic heterocycles. The SMILES string of the molecule is CCCCCCC/C(C)=C/CCCCCCCC(=O)O. The van der Waals surface area contributed by atoms with Gasteiger partial charge in [0.05, 0.1) is 0 Å². The van der Waals surface area contributed by atoms with E-state index in [4.69, 9.17) is 5.11 Å². The standard InChI is InChI=1S/C18H34O2/c1-3-4-5-8-11-14-17(2)15-12-9-6-7-10-13-16-18(19)20/h15H,3-14,16H2,1-2H3,(H,19,20)/b17-15+. The van der Waals surface area contributed by atoms with Crippen molar-refractivity contribution in [2.75, 3.05) is 0 Å². The van der Waals surface area contributed by atoms with Crippen LogP contribution in [0.15, 0.2) is 11.6 Å². The molecule has 20 heavy (non-hydrogen) atoms. The van der Waals surface area contributed by atoms with Gasteiger partial charge in [-0.15, -0.1) is 0 Å². The Bertz CT molecular complexity index is 256. The second-order valence-corrected chi connectivity index (χ2v) is 5.91. The molecule has 0 radical (unpaired) electrons. The number of aliphatic carboxylic acids is 1. The first-order chi connectivity index (χ1) is 9.66. The third-order valence-corrected chi connectivity index (χ3v) is 3.76. The first kappa shape index (κ1) is 19.2. The highest BCUT2D eigenvalue weighted by Gasteiger charge is 1.96. The highest BCUT2D eigenvalue weighted by molar-refractivity contribution is 5.66. The van der Waals surface area contributed by atoms with E-state index in [1.54, 1.807) is 5.57 Å². The lowest BCUT2D eigenvalue weighted by molar-refractivity contribution is -0.137. The van der Waals surface area contributed by atoms with Crippen molar-refractivity contribution in [1.82, 2.24) is 0 Å². The fraction of sp³-hybridized carbons (Fsp3) is 0.833. The minimum Gasteiger partial charge on any atom is -0.481 e. The molecule has 0 unspecified atom stereocenters. The minimum absolute atomic E-state index is 0.330. The van der Waals surface area contributed by atoms with Crippen LogP contribution in [0.2, 0.25) is 0 Å². The molecule has 0 aromatic heterocycles. The van der Waals surface area contributed by atoms with Gasteiger partial charge in [0.2, 0.25) is 0 Å². The van der Waals surface area contributed by atoms with Crippen molar-refractivity contribution in [3.8, 4) is 0 Å². The van der Waals surface area contributed by atoms with Crippen molar-refractivity contribution in [2.45, 2.75) is 97.3 Å². The zero-order valence-corrected chi connectivity index (χ0v) is 13.6. The van der Waals surface area contributed by atoms with Crippen LogP contribution in [0.3, 0.4) is 0 Å². The highest BCUT2D eigenvalue weighted by atomic mass is 16.4. The molecule has 0 aromatic carbocycles. The Balaban J connectivity index is 3.29. The van der Waals surface area contributed by atoms with Crippen LogP contribution in [0.4, 0.5) is 0 Å². The van der Waals surface area contributed by atoms with Crippen molar-refractivity contribution >= 4 is 5.97 Å². The number of hydrogen-bond acceptors (Lipinski definition) is 1. The summed E-state index contributed by atoms with van der Waals surface area (Å²) in [6.45, 7) is 4.51. The first-order valence-corrected chi connectivity index (χ1v) is 8.54. The molecule has 0 spiro atoms. The lowest BCUT2D eigenvalue weighted by Gasteiger charge is -2.02. The average Bonchev–Trinajstić information content (AvgIpc) is 2.41. The van der Waals surface area contributed by atoms with Gasteiger partial charge in [-0.3, -0.25) is 4.79 Å². The Morgan fingerprint density at radius 3 is 2.05 bits per heavy atom. The number of rotatable bonds is 14. The maximum atomic E-state index is 10.3. The lowest BCUT2D eigenvalue weighted by atomic mass is 10.0. The molecule has 118 valence electrons. The third kappa shape index (κ3) is 15.3. The molecule has 2 heteroatoms. The smallest absolute Gasteiger partial charge is 0.303 e. The number of carbonyl (C=O) groups is 1.